The number of amides is 1. The number of nitro benzene ring substituents is 1. The fourth-order valence-corrected chi connectivity index (χ4v) is 2.73. The van der Waals surface area contributed by atoms with E-state index in [1.807, 2.05) is 13.8 Å². The smallest absolute Gasteiger partial charge is 0.312 e. The minimum atomic E-state index is -0.760. The number of halogens is 1. The van der Waals surface area contributed by atoms with Gasteiger partial charge in [-0.05, 0) is 59.6 Å². The molecule has 2 aromatic carbocycles. The SMILES string of the molecule is CC(C)Oc1cccc(NC(=O)/C(C#N)=C\c2cc(Br)c(O)c([N+](=O)[O-])c2)c1. The summed E-state index contributed by atoms with van der Waals surface area (Å²) in [6.45, 7) is 3.74. The van der Waals surface area contributed by atoms with Crippen molar-refractivity contribution in [2.24, 2.45) is 0 Å². The van der Waals surface area contributed by atoms with Crippen LogP contribution in [-0.2, 0) is 4.79 Å². The topological polar surface area (TPSA) is 125 Å². The summed E-state index contributed by atoms with van der Waals surface area (Å²) in [4.78, 5) is 22.7. The van der Waals surface area contributed by atoms with Crippen molar-refractivity contribution >= 4 is 39.3 Å². The second-order valence-electron chi connectivity index (χ2n) is 5.95. The quantitative estimate of drug-likeness (QED) is 0.293. The van der Waals surface area contributed by atoms with Gasteiger partial charge in [-0.2, -0.15) is 5.26 Å². The maximum atomic E-state index is 12.4. The van der Waals surface area contributed by atoms with Crippen LogP contribution in [-0.4, -0.2) is 22.0 Å². The molecule has 144 valence electrons. The van der Waals surface area contributed by atoms with E-state index < -0.39 is 22.3 Å². The fraction of sp³-hybridized carbons (Fsp3) is 0.158. The van der Waals surface area contributed by atoms with Crippen LogP contribution in [0.3, 0.4) is 0 Å². The lowest BCUT2D eigenvalue weighted by Crippen LogP contribution is -2.13. The molecule has 0 aliphatic carbocycles. The average molecular weight is 446 g/mol. The van der Waals surface area contributed by atoms with Crippen LogP contribution in [0.2, 0.25) is 0 Å². The predicted octanol–water partition coefficient (Wildman–Crippen LogP) is 4.40. The molecule has 0 aliphatic rings. The highest BCUT2D eigenvalue weighted by atomic mass is 79.9. The Morgan fingerprint density at radius 1 is 1.39 bits per heavy atom. The van der Waals surface area contributed by atoms with E-state index in [0.717, 1.165) is 6.07 Å². The van der Waals surface area contributed by atoms with Gasteiger partial charge < -0.3 is 15.2 Å². The molecular formula is C19H16BrN3O5. The second kappa shape index (κ2) is 9.01. The van der Waals surface area contributed by atoms with Gasteiger partial charge in [-0.1, -0.05) is 6.07 Å². The number of nitriles is 1. The van der Waals surface area contributed by atoms with Crippen LogP contribution in [0.25, 0.3) is 6.08 Å². The maximum absolute atomic E-state index is 12.4. The molecule has 9 heteroatoms. The Kier molecular flexibility index (Phi) is 6.74. The molecule has 0 aliphatic heterocycles. The molecule has 0 bridgehead atoms. The number of rotatable bonds is 6. The zero-order valence-corrected chi connectivity index (χ0v) is 16.6. The Balaban J connectivity index is 2.29. The number of hydrogen-bond donors (Lipinski definition) is 2. The summed E-state index contributed by atoms with van der Waals surface area (Å²) in [7, 11) is 0. The van der Waals surface area contributed by atoms with Crippen LogP contribution >= 0.6 is 15.9 Å². The third-order valence-electron chi connectivity index (χ3n) is 3.40. The van der Waals surface area contributed by atoms with Gasteiger partial charge in [0, 0.05) is 17.8 Å². The van der Waals surface area contributed by atoms with Crippen molar-refractivity contribution in [3.63, 3.8) is 0 Å². The van der Waals surface area contributed by atoms with Gasteiger partial charge in [-0.3, -0.25) is 14.9 Å². The van der Waals surface area contributed by atoms with E-state index in [0.29, 0.717) is 11.4 Å². The first-order valence-electron chi connectivity index (χ1n) is 8.08. The molecule has 0 heterocycles. The number of nitrogens with one attached hydrogen (secondary N) is 1. The van der Waals surface area contributed by atoms with Crippen molar-refractivity contribution < 1.29 is 19.6 Å². The summed E-state index contributed by atoms with van der Waals surface area (Å²) in [6.07, 6.45) is 1.16. The van der Waals surface area contributed by atoms with Gasteiger partial charge >= 0.3 is 5.69 Å². The lowest BCUT2D eigenvalue weighted by Gasteiger charge is -2.11. The number of carbonyl (C=O) groups is 1. The highest BCUT2D eigenvalue weighted by Gasteiger charge is 2.18. The van der Waals surface area contributed by atoms with Crippen molar-refractivity contribution in [2.45, 2.75) is 20.0 Å². The lowest BCUT2D eigenvalue weighted by molar-refractivity contribution is -0.386. The summed E-state index contributed by atoms with van der Waals surface area (Å²) in [6, 6.07) is 10.9. The number of aromatic hydroxyl groups is 1. The van der Waals surface area contributed by atoms with Gasteiger partial charge in [0.15, 0.2) is 0 Å². The van der Waals surface area contributed by atoms with Crippen LogP contribution in [0.1, 0.15) is 19.4 Å². The first kappa shape index (κ1) is 20.9. The average Bonchev–Trinajstić information content (AvgIpc) is 2.61. The first-order valence-corrected chi connectivity index (χ1v) is 8.87. The fourth-order valence-electron chi connectivity index (χ4n) is 2.26. The summed E-state index contributed by atoms with van der Waals surface area (Å²) >= 11 is 3.01. The van der Waals surface area contributed by atoms with Crippen molar-refractivity contribution in [3.8, 4) is 17.6 Å². The molecule has 28 heavy (non-hydrogen) atoms. The van der Waals surface area contributed by atoms with Crippen LogP contribution in [0.4, 0.5) is 11.4 Å². The number of nitro groups is 1. The van der Waals surface area contributed by atoms with E-state index in [1.165, 1.54) is 12.1 Å². The number of hydrogen-bond acceptors (Lipinski definition) is 6. The second-order valence-corrected chi connectivity index (χ2v) is 6.80. The van der Waals surface area contributed by atoms with E-state index in [-0.39, 0.29) is 21.7 Å². The van der Waals surface area contributed by atoms with Crippen LogP contribution in [0.15, 0.2) is 46.4 Å². The van der Waals surface area contributed by atoms with E-state index in [2.05, 4.69) is 21.2 Å². The maximum Gasteiger partial charge on any atom is 0.312 e. The highest BCUT2D eigenvalue weighted by Crippen LogP contribution is 2.35. The number of phenolic OH excluding ortho intramolecular Hbond substituents is 1. The van der Waals surface area contributed by atoms with Gasteiger partial charge in [0.1, 0.15) is 17.4 Å². The number of carbonyl (C=O) groups excluding carboxylic acids is 1. The molecule has 0 atom stereocenters. The third kappa shape index (κ3) is 5.31. The normalized spacial score (nSPS) is 11.0. The van der Waals surface area contributed by atoms with Crippen LogP contribution in [0, 0.1) is 21.4 Å². The van der Waals surface area contributed by atoms with Gasteiger partial charge in [-0.25, -0.2) is 0 Å². The molecular weight excluding hydrogens is 430 g/mol. The van der Waals surface area contributed by atoms with E-state index in [9.17, 15) is 25.3 Å². The molecule has 0 fully saturated rings. The molecule has 0 unspecified atom stereocenters. The monoisotopic (exact) mass is 445 g/mol. The Hall–Kier alpha value is -3.38. The predicted molar refractivity (Wildman–Crippen MR) is 107 cm³/mol. The Labute approximate surface area is 169 Å². The summed E-state index contributed by atoms with van der Waals surface area (Å²) < 4.78 is 5.63. The molecule has 0 saturated heterocycles. The Morgan fingerprint density at radius 2 is 2.11 bits per heavy atom. The van der Waals surface area contributed by atoms with E-state index in [4.69, 9.17) is 4.74 Å². The molecule has 0 saturated carbocycles. The van der Waals surface area contributed by atoms with Gasteiger partial charge in [0.05, 0.1) is 15.5 Å². The Bertz CT molecular complexity index is 996. The summed E-state index contributed by atoms with van der Waals surface area (Å²) in [5.41, 5.74) is -0.166. The van der Waals surface area contributed by atoms with Crippen molar-refractivity contribution in [3.05, 3.63) is 62.1 Å². The van der Waals surface area contributed by atoms with Crippen molar-refractivity contribution in [1.82, 2.24) is 0 Å². The minimum absolute atomic E-state index is 0.0377. The van der Waals surface area contributed by atoms with Crippen molar-refractivity contribution in [2.75, 3.05) is 5.32 Å². The molecule has 0 spiro atoms. The largest absolute Gasteiger partial charge is 0.501 e. The summed E-state index contributed by atoms with van der Waals surface area (Å²) in [5.74, 6) is -0.656. The number of anilines is 1. The van der Waals surface area contributed by atoms with Gasteiger partial charge in [0.25, 0.3) is 5.91 Å². The standard InChI is InChI=1S/C19H16BrN3O5/c1-11(2)28-15-5-3-4-14(9-15)22-19(25)13(10-21)6-12-7-16(20)18(24)17(8-12)23(26)27/h3-9,11,24H,1-2H3,(H,22,25)/b13-6-. The summed E-state index contributed by atoms with van der Waals surface area (Å²) in [5, 5.41) is 32.6. The van der Waals surface area contributed by atoms with Crippen molar-refractivity contribution in [1.29, 1.82) is 5.26 Å². The lowest BCUT2D eigenvalue weighted by atomic mass is 10.1. The van der Waals surface area contributed by atoms with E-state index in [1.54, 1.807) is 30.3 Å². The molecule has 2 rings (SSSR count). The molecule has 0 radical (unpaired) electrons. The molecule has 2 aromatic rings. The zero-order chi connectivity index (χ0) is 20.8. The number of nitrogens with zero attached hydrogens (tertiary/aromatic N) is 2. The number of benzene rings is 2. The first-order chi connectivity index (χ1) is 13.2. The molecule has 2 N–H and O–H groups in total. The van der Waals surface area contributed by atoms with E-state index >= 15 is 0 Å². The molecule has 0 aromatic heterocycles. The van der Waals surface area contributed by atoms with Crippen LogP contribution in [0.5, 0.6) is 11.5 Å². The number of ether oxygens (including phenoxy) is 1. The van der Waals surface area contributed by atoms with Gasteiger partial charge in [-0.15, -0.1) is 0 Å². The third-order valence-corrected chi connectivity index (χ3v) is 4.01. The highest BCUT2D eigenvalue weighted by molar-refractivity contribution is 9.10. The van der Waals surface area contributed by atoms with Gasteiger partial charge in [0.2, 0.25) is 5.75 Å². The zero-order valence-electron chi connectivity index (χ0n) is 15.0. The van der Waals surface area contributed by atoms with Crippen LogP contribution < -0.4 is 10.1 Å². The minimum Gasteiger partial charge on any atom is -0.501 e. The number of phenols is 1. The Morgan fingerprint density at radius 3 is 2.71 bits per heavy atom. The molecule has 1 amide bonds. The molecule has 8 nitrogen and oxygen atoms in total.